The lowest BCUT2D eigenvalue weighted by molar-refractivity contribution is -0.159. The summed E-state index contributed by atoms with van der Waals surface area (Å²) in [5, 5.41) is 4.09. The van der Waals surface area contributed by atoms with E-state index in [-0.39, 0.29) is 12.3 Å². The van der Waals surface area contributed by atoms with Gasteiger partial charge in [-0.05, 0) is 31.5 Å². The van der Waals surface area contributed by atoms with E-state index < -0.39 is 5.79 Å². The van der Waals surface area contributed by atoms with E-state index in [1.54, 1.807) is 6.92 Å². The molecule has 1 aromatic carbocycles. The number of halogens is 1. The van der Waals surface area contributed by atoms with Gasteiger partial charge in [-0.3, -0.25) is 4.79 Å². The van der Waals surface area contributed by atoms with Gasteiger partial charge in [0.05, 0.1) is 25.3 Å². The van der Waals surface area contributed by atoms with Crippen LogP contribution in [0.5, 0.6) is 0 Å². The summed E-state index contributed by atoms with van der Waals surface area (Å²) in [7, 11) is 0. The van der Waals surface area contributed by atoms with E-state index in [1.165, 1.54) is 0 Å². The Balaban J connectivity index is 1.93. The Hall–Kier alpha value is -1.24. The molecule has 5 nitrogen and oxygen atoms in total. The van der Waals surface area contributed by atoms with Crippen LogP contribution in [0.2, 0.25) is 0 Å². The maximum atomic E-state index is 11.8. The average molecular weight is 341 g/mol. The molecule has 1 aliphatic heterocycles. The molecule has 0 saturated carbocycles. The second kappa shape index (κ2) is 6.47. The van der Waals surface area contributed by atoms with E-state index in [1.807, 2.05) is 31.2 Å². The zero-order valence-corrected chi connectivity index (χ0v) is 13.1. The Morgan fingerprint density at radius 3 is 2.80 bits per heavy atom. The lowest BCUT2D eigenvalue weighted by Gasteiger charge is -2.20. The number of carbonyl (C=O) groups is 1. The van der Waals surface area contributed by atoms with Crippen molar-refractivity contribution in [2.45, 2.75) is 26.1 Å². The van der Waals surface area contributed by atoms with Crippen molar-refractivity contribution in [1.82, 2.24) is 5.43 Å². The second-order valence-electron chi connectivity index (χ2n) is 4.75. The van der Waals surface area contributed by atoms with Crippen molar-refractivity contribution < 1.29 is 14.3 Å². The van der Waals surface area contributed by atoms with E-state index in [2.05, 4.69) is 26.5 Å². The third-order valence-electron chi connectivity index (χ3n) is 2.97. The van der Waals surface area contributed by atoms with Gasteiger partial charge in [-0.2, -0.15) is 5.10 Å². The fourth-order valence-corrected chi connectivity index (χ4v) is 2.31. The van der Waals surface area contributed by atoms with Gasteiger partial charge in [0.15, 0.2) is 5.79 Å². The minimum atomic E-state index is -0.830. The fraction of sp³-hybridized carbons (Fsp3) is 0.429. The molecule has 6 heteroatoms. The molecule has 0 atom stereocenters. The zero-order chi connectivity index (χ0) is 14.6. The number of rotatable bonds is 4. The monoisotopic (exact) mass is 340 g/mol. The third-order valence-corrected chi connectivity index (χ3v) is 3.46. The third kappa shape index (κ3) is 4.13. The Labute approximate surface area is 126 Å². The van der Waals surface area contributed by atoms with Gasteiger partial charge < -0.3 is 9.47 Å². The zero-order valence-electron chi connectivity index (χ0n) is 11.5. The highest BCUT2D eigenvalue weighted by Gasteiger charge is 2.33. The van der Waals surface area contributed by atoms with Crippen LogP contribution in [-0.4, -0.2) is 30.6 Å². The molecule has 2 rings (SSSR count). The predicted octanol–water partition coefficient (Wildman–Crippen LogP) is 2.44. The first-order chi connectivity index (χ1) is 9.48. The number of carbonyl (C=O) groups excluding carboxylic acids is 1. The van der Waals surface area contributed by atoms with Crippen LogP contribution in [-0.2, 0) is 14.3 Å². The van der Waals surface area contributed by atoms with E-state index in [0.717, 1.165) is 15.7 Å². The van der Waals surface area contributed by atoms with Crippen molar-refractivity contribution in [3.8, 4) is 0 Å². The van der Waals surface area contributed by atoms with Gasteiger partial charge in [-0.25, -0.2) is 5.43 Å². The Morgan fingerprint density at radius 1 is 1.45 bits per heavy atom. The van der Waals surface area contributed by atoms with Crippen molar-refractivity contribution in [2.24, 2.45) is 5.10 Å². The normalized spacial score (nSPS) is 18.1. The molecule has 1 aromatic rings. The molecule has 1 N–H and O–H groups in total. The largest absolute Gasteiger partial charge is 0.347 e. The minimum Gasteiger partial charge on any atom is -0.347 e. The van der Waals surface area contributed by atoms with Gasteiger partial charge in [0.2, 0.25) is 5.91 Å². The number of hydrogen-bond acceptors (Lipinski definition) is 4. The topological polar surface area (TPSA) is 59.9 Å². The van der Waals surface area contributed by atoms with Crippen molar-refractivity contribution in [1.29, 1.82) is 0 Å². The molecule has 0 aromatic heterocycles. The van der Waals surface area contributed by atoms with Gasteiger partial charge in [0.25, 0.3) is 0 Å². The van der Waals surface area contributed by atoms with Crippen molar-refractivity contribution in [3.63, 3.8) is 0 Å². The first-order valence-corrected chi connectivity index (χ1v) is 7.15. The smallest absolute Gasteiger partial charge is 0.245 e. The molecule has 0 unspecified atom stereocenters. The van der Waals surface area contributed by atoms with E-state index in [0.29, 0.717) is 13.2 Å². The molecular formula is C14H17BrN2O3. The van der Waals surface area contributed by atoms with Crippen LogP contribution in [0.3, 0.4) is 0 Å². The highest BCUT2D eigenvalue weighted by Crippen LogP contribution is 2.22. The summed E-state index contributed by atoms with van der Waals surface area (Å²) in [4.78, 5) is 11.8. The van der Waals surface area contributed by atoms with Crippen molar-refractivity contribution in [2.75, 3.05) is 13.2 Å². The van der Waals surface area contributed by atoms with E-state index >= 15 is 0 Å². The second-order valence-corrected chi connectivity index (χ2v) is 5.67. The summed E-state index contributed by atoms with van der Waals surface area (Å²) in [6.07, 6.45) is 0.127. The molecular weight excluding hydrogens is 324 g/mol. The molecule has 20 heavy (non-hydrogen) atoms. The summed E-state index contributed by atoms with van der Waals surface area (Å²) in [5.41, 5.74) is 4.20. The molecule has 0 radical (unpaired) electrons. The van der Waals surface area contributed by atoms with E-state index in [4.69, 9.17) is 9.47 Å². The quantitative estimate of drug-likeness (QED) is 0.676. The minimum absolute atomic E-state index is 0.127. The number of nitrogens with zero attached hydrogens (tertiary/aromatic N) is 1. The van der Waals surface area contributed by atoms with Crippen LogP contribution in [0.1, 0.15) is 25.8 Å². The summed E-state index contributed by atoms with van der Waals surface area (Å²) in [6, 6.07) is 7.72. The number of nitrogens with one attached hydrogen (secondary N) is 1. The summed E-state index contributed by atoms with van der Waals surface area (Å²) < 4.78 is 11.7. The van der Waals surface area contributed by atoms with Gasteiger partial charge in [-0.15, -0.1) is 0 Å². The average Bonchev–Trinajstić information content (AvgIpc) is 2.82. The molecule has 0 aliphatic carbocycles. The molecule has 0 spiro atoms. The number of hydrogen-bond donors (Lipinski definition) is 1. The maximum Gasteiger partial charge on any atom is 0.245 e. The number of hydrazone groups is 1. The molecule has 1 saturated heterocycles. The molecule has 1 aliphatic rings. The molecule has 1 amide bonds. The molecule has 1 fully saturated rings. The van der Waals surface area contributed by atoms with Gasteiger partial charge in [0.1, 0.15) is 0 Å². The molecule has 1 heterocycles. The SMILES string of the molecule is CC(=NNC(=O)CC1(C)OCCO1)c1cccc(Br)c1. The van der Waals surface area contributed by atoms with Gasteiger partial charge >= 0.3 is 0 Å². The Morgan fingerprint density at radius 2 is 2.15 bits per heavy atom. The van der Waals surface area contributed by atoms with Crippen LogP contribution < -0.4 is 5.43 Å². The van der Waals surface area contributed by atoms with Gasteiger partial charge in [0, 0.05) is 4.47 Å². The lowest BCUT2D eigenvalue weighted by atomic mass is 10.1. The molecule has 0 bridgehead atoms. The first-order valence-electron chi connectivity index (χ1n) is 6.35. The van der Waals surface area contributed by atoms with Gasteiger partial charge in [-0.1, -0.05) is 28.1 Å². The standard InChI is InChI=1S/C14H17BrN2O3/c1-10(11-4-3-5-12(15)8-11)16-17-13(18)9-14(2)19-6-7-20-14/h3-5,8H,6-7,9H2,1-2H3,(H,17,18). The lowest BCUT2D eigenvalue weighted by Crippen LogP contribution is -2.33. The van der Waals surface area contributed by atoms with Crippen LogP contribution >= 0.6 is 15.9 Å². The number of ether oxygens (including phenoxy) is 2. The Kier molecular flexibility index (Phi) is 4.91. The Bertz CT molecular complexity index is 525. The highest BCUT2D eigenvalue weighted by molar-refractivity contribution is 9.10. The number of amides is 1. The first kappa shape index (κ1) is 15.2. The van der Waals surface area contributed by atoms with Crippen LogP contribution in [0.4, 0.5) is 0 Å². The number of benzene rings is 1. The van der Waals surface area contributed by atoms with Crippen molar-refractivity contribution >= 4 is 27.5 Å². The predicted molar refractivity (Wildman–Crippen MR) is 79.4 cm³/mol. The summed E-state index contributed by atoms with van der Waals surface area (Å²) in [5.74, 6) is -1.06. The summed E-state index contributed by atoms with van der Waals surface area (Å²) in [6.45, 7) is 4.63. The summed E-state index contributed by atoms with van der Waals surface area (Å²) >= 11 is 3.40. The maximum absolute atomic E-state index is 11.8. The van der Waals surface area contributed by atoms with Crippen molar-refractivity contribution in [3.05, 3.63) is 34.3 Å². The van der Waals surface area contributed by atoms with E-state index in [9.17, 15) is 4.79 Å². The van der Waals surface area contributed by atoms with Crippen LogP contribution in [0.25, 0.3) is 0 Å². The molecule has 108 valence electrons. The van der Waals surface area contributed by atoms with Crippen LogP contribution in [0.15, 0.2) is 33.8 Å². The highest BCUT2D eigenvalue weighted by atomic mass is 79.9. The van der Waals surface area contributed by atoms with Crippen LogP contribution in [0, 0.1) is 0 Å². The fourth-order valence-electron chi connectivity index (χ4n) is 1.91.